The summed E-state index contributed by atoms with van der Waals surface area (Å²) in [6, 6.07) is 5.17. The molecule has 0 bridgehead atoms. The van der Waals surface area contributed by atoms with Crippen LogP contribution in [0.15, 0.2) is 23.2 Å². The number of thioether (sulfide) groups is 1. The summed E-state index contributed by atoms with van der Waals surface area (Å²) in [5.74, 6) is 0.918. The van der Waals surface area contributed by atoms with Gasteiger partial charge in [-0.25, -0.2) is 9.48 Å². The van der Waals surface area contributed by atoms with Gasteiger partial charge in [0.1, 0.15) is 5.52 Å². The third-order valence-electron chi connectivity index (χ3n) is 2.67. The molecule has 0 fully saturated rings. The Morgan fingerprint density at radius 2 is 2.32 bits per heavy atom. The number of carbonyl (C=O) groups is 1. The lowest BCUT2D eigenvalue weighted by Gasteiger charge is -2.06. The molecule has 7 nitrogen and oxygen atoms in total. The van der Waals surface area contributed by atoms with Crippen molar-refractivity contribution in [3.63, 3.8) is 0 Å². The van der Waals surface area contributed by atoms with Crippen molar-refractivity contribution in [2.24, 2.45) is 12.0 Å². The molecule has 19 heavy (non-hydrogen) atoms. The lowest BCUT2D eigenvalue weighted by Crippen LogP contribution is -2.31. The normalized spacial score (nSPS) is 14.5. The van der Waals surface area contributed by atoms with Crippen LogP contribution < -0.4 is 10.6 Å². The summed E-state index contributed by atoms with van der Waals surface area (Å²) in [6.45, 7) is 0.756. The van der Waals surface area contributed by atoms with E-state index in [2.05, 4.69) is 25.9 Å². The number of hydrogen-bond donors (Lipinski definition) is 2. The van der Waals surface area contributed by atoms with Crippen molar-refractivity contribution in [3.8, 4) is 0 Å². The smallest absolute Gasteiger partial charge is 0.308 e. The molecule has 3 rings (SSSR count). The van der Waals surface area contributed by atoms with Crippen LogP contribution in [0.5, 0.6) is 0 Å². The van der Waals surface area contributed by atoms with E-state index < -0.39 is 0 Å². The van der Waals surface area contributed by atoms with Gasteiger partial charge in [-0.15, -0.1) is 5.10 Å². The molecule has 0 saturated heterocycles. The maximum Gasteiger partial charge on any atom is 0.325 e. The van der Waals surface area contributed by atoms with Crippen molar-refractivity contribution in [3.05, 3.63) is 18.2 Å². The van der Waals surface area contributed by atoms with Crippen molar-refractivity contribution < 1.29 is 4.79 Å². The van der Waals surface area contributed by atoms with Crippen molar-refractivity contribution >= 4 is 39.7 Å². The lowest BCUT2D eigenvalue weighted by atomic mass is 10.3. The predicted molar refractivity (Wildman–Crippen MR) is 75.4 cm³/mol. The third kappa shape index (κ3) is 2.53. The molecule has 98 valence electrons. The van der Waals surface area contributed by atoms with Crippen LogP contribution in [0, 0.1) is 0 Å². The monoisotopic (exact) mass is 276 g/mol. The Bertz CT molecular complexity index is 664. The number of amidine groups is 1. The van der Waals surface area contributed by atoms with E-state index in [4.69, 9.17) is 0 Å². The van der Waals surface area contributed by atoms with Crippen LogP contribution in [0.4, 0.5) is 10.5 Å². The second-order valence-electron chi connectivity index (χ2n) is 4.03. The molecular formula is C11H12N6OS. The number of aliphatic imine (C=N–C) groups is 1. The Hall–Kier alpha value is -2.09. The number of carbonyl (C=O) groups excluding carboxylic acids is 1. The molecule has 0 radical (unpaired) electrons. The first-order valence-electron chi connectivity index (χ1n) is 5.77. The van der Waals surface area contributed by atoms with Crippen LogP contribution in [0.1, 0.15) is 0 Å². The van der Waals surface area contributed by atoms with Gasteiger partial charge in [0.25, 0.3) is 0 Å². The van der Waals surface area contributed by atoms with E-state index in [0.29, 0.717) is 10.9 Å². The molecule has 0 atom stereocenters. The minimum absolute atomic E-state index is 0.295. The van der Waals surface area contributed by atoms with Gasteiger partial charge in [0, 0.05) is 18.5 Å². The van der Waals surface area contributed by atoms with Crippen LogP contribution in [0.2, 0.25) is 0 Å². The Labute approximate surface area is 113 Å². The second kappa shape index (κ2) is 4.88. The number of aryl methyl sites for hydroxylation is 1. The van der Waals surface area contributed by atoms with E-state index in [1.54, 1.807) is 10.7 Å². The number of amides is 2. The first-order chi connectivity index (χ1) is 9.22. The second-order valence-corrected chi connectivity index (χ2v) is 5.11. The molecule has 1 aliphatic heterocycles. The summed E-state index contributed by atoms with van der Waals surface area (Å²) in [6.07, 6.45) is 0. The Morgan fingerprint density at radius 3 is 3.11 bits per heavy atom. The van der Waals surface area contributed by atoms with Crippen LogP contribution in [-0.2, 0) is 7.05 Å². The molecule has 1 aromatic heterocycles. The van der Waals surface area contributed by atoms with E-state index >= 15 is 0 Å². The molecule has 1 aliphatic rings. The maximum atomic E-state index is 11.8. The van der Waals surface area contributed by atoms with Crippen molar-refractivity contribution in [1.29, 1.82) is 0 Å². The van der Waals surface area contributed by atoms with E-state index in [1.165, 1.54) is 11.8 Å². The topological polar surface area (TPSA) is 84.2 Å². The lowest BCUT2D eigenvalue weighted by molar-refractivity contribution is 0.256. The fourth-order valence-corrected chi connectivity index (χ4v) is 2.51. The molecule has 1 aromatic carbocycles. The summed E-state index contributed by atoms with van der Waals surface area (Å²) >= 11 is 1.54. The molecular weight excluding hydrogens is 264 g/mol. The van der Waals surface area contributed by atoms with E-state index in [-0.39, 0.29) is 6.03 Å². The summed E-state index contributed by atoms with van der Waals surface area (Å²) in [7, 11) is 1.82. The number of benzene rings is 1. The van der Waals surface area contributed by atoms with Crippen molar-refractivity contribution in [1.82, 2.24) is 20.3 Å². The highest BCUT2D eigenvalue weighted by molar-refractivity contribution is 8.14. The number of aromatic nitrogens is 3. The molecule has 2 aromatic rings. The van der Waals surface area contributed by atoms with E-state index in [0.717, 1.165) is 23.3 Å². The van der Waals surface area contributed by atoms with Crippen LogP contribution in [0.3, 0.4) is 0 Å². The number of nitrogens with one attached hydrogen (secondary N) is 2. The predicted octanol–water partition coefficient (Wildman–Crippen LogP) is 1.19. The average molecular weight is 276 g/mol. The molecule has 2 amide bonds. The summed E-state index contributed by atoms with van der Waals surface area (Å²) in [4.78, 5) is 15.9. The fourth-order valence-electron chi connectivity index (χ4n) is 1.79. The summed E-state index contributed by atoms with van der Waals surface area (Å²) in [5, 5.41) is 14.0. The number of hydrogen-bond acceptors (Lipinski definition) is 5. The zero-order valence-corrected chi connectivity index (χ0v) is 11.1. The first-order valence-corrected chi connectivity index (χ1v) is 6.75. The number of rotatable bonds is 1. The SMILES string of the molecule is Cn1nnc2cc(NC(=O)NC3=NCCS3)ccc21. The maximum absolute atomic E-state index is 11.8. The molecule has 0 saturated carbocycles. The third-order valence-corrected chi connectivity index (χ3v) is 3.57. The first kappa shape index (κ1) is 12.0. The van der Waals surface area contributed by atoms with Gasteiger partial charge in [-0.1, -0.05) is 17.0 Å². The molecule has 0 aliphatic carbocycles. The van der Waals surface area contributed by atoms with Gasteiger partial charge in [0.2, 0.25) is 0 Å². The summed E-state index contributed by atoms with van der Waals surface area (Å²) < 4.78 is 1.68. The van der Waals surface area contributed by atoms with Gasteiger partial charge in [-0.3, -0.25) is 10.3 Å². The van der Waals surface area contributed by atoms with Crippen LogP contribution >= 0.6 is 11.8 Å². The quantitative estimate of drug-likeness (QED) is 0.819. The Morgan fingerprint density at radius 1 is 1.42 bits per heavy atom. The highest BCUT2D eigenvalue weighted by Crippen LogP contribution is 2.16. The molecule has 2 heterocycles. The van der Waals surface area contributed by atoms with Crippen molar-refractivity contribution in [2.45, 2.75) is 0 Å². The van der Waals surface area contributed by atoms with Crippen LogP contribution in [0.25, 0.3) is 11.0 Å². The van der Waals surface area contributed by atoms with Gasteiger partial charge >= 0.3 is 6.03 Å². The number of anilines is 1. The molecule has 2 N–H and O–H groups in total. The van der Waals surface area contributed by atoms with Crippen molar-refractivity contribution in [2.75, 3.05) is 17.6 Å². The fraction of sp³-hybridized carbons (Fsp3) is 0.273. The molecule has 0 unspecified atom stereocenters. The zero-order chi connectivity index (χ0) is 13.2. The van der Waals surface area contributed by atoms with E-state index in [1.807, 2.05) is 19.2 Å². The minimum atomic E-state index is -0.295. The number of nitrogens with zero attached hydrogens (tertiary/aromatic N) is 4. The average Bonchev–Trinajstić information content (AvgIpc) is 3.00. The zero-order valence-electron chi connectivity index (χ0n) is 10.3. The number of fused-ring (bicyclic) bond motifs is 1. The highest BCUT2D eigenvalue weighted by atomic mass is 32.2. The summed E-state index contributed by atoms with van der Waals surface area (Å²) in [5.41, 5.74) is 2.34. The Kier molecular flexibility index (Phi) is 3.08. The Balaban J connectivity index is 1.72. The van der Waals surface area contributed by atoms with Gasteiger partial charge in [-0.05, 0) is 18.2 Å². The van der Waals surface area contributed by atoms with Gasteiger partial charge < -0.3 is 5.32 Å². The minimum Gasteiger partial charge on any atom is -0.308 e. The highest BCUT2D eigenvalue weighted by Gasteiger charge is 2.11. The van der Waals surface area contributed by atoms with Gasteiger partial charge in [-0.2, -0.15) is 0 Å². The molecule has 8 heteroatoms. The van der Waals surface area contributed by atoms with Gasteiger partial charge in [0.15, 0.2) is 5.17 Å². The largest absolute Gasteiger partial charge is 0.325 e. The van der Waals surface area contributed by atoms with E-state index in [9.17, 15) is 4.79 Å². The number of urea groups is 1. The standard InChI is InChI=1S/C11H12N6OS/c1-17-9-3-2-7(6-8(9)15-16-17)13-10(18)14-11-12-4-5-19-11/h2-3,6H,4-5H2,1H3,(H2,12,13,14,18). The van der Waals surface area contributed by atoms with Gasteiger partial charge in [0.05, 0.1) is 12.1 Å². The van der Waals surface area contributed by atoms with Crippen LogP contribution in [-0.4, -0.2) is 38.5 Å². The molecule has 0 spiro atoms.